The number of benzene rings is 2. The average molecular weight is 359 g/mol. The van der Waals surface area contributed by atoms with Gasteiger partial charge in [-0.05, 0) is 30.3 Å². The molecule has 0 atom stereocenters. The molecule has 0 unspecified atom stereocenters. The fraction of sp³-hybridized carbons (Fsp3) is 0.0714. The molecule has 20 heavy (non-hydrogen) atoms. The molecule has 0 aliphatic heterocycles. The third kappa shape index (κ3) is 3.49. The topological polar surface area (TPSA) is 52.3 Å². The molecule has 0 fully saturated rings. The van der Waals surface area contributed by atoms with E-state index in [0.717, 1.165) is 16.6 Å². The van der Waals surface area contributed by atoms with Gasteiger partial charge in [0.15, 0.2) is 0 Å². The summed E-state index contributed by atoms with van der Waals surface area (Å²) in [6.45, 7) is 0.0156. The van der Waals surface area contributed by atoms with Gasteiger partial charge in [0, 0.05) is 20.7 Å². The molecule has 3 nitrogen and oxygen atoms in total. The molecule has 2 N–H and O–H groups in total. The van der Waals surface area contributed by atoms with Crippen molar-refractivity contribution >= 4 is 39.2 Å². The first-order chi connectivity index (χ1) is 9.47. The van der Waals surface area contributed by atoms with Crippen molar-refractivity contribution < 1.29 is 13.9 Å². The highest BCUT2D eigenvalue weighted by Gasteiger charge is 2.13. The van der Waals surface area contributed by atoms with Crippen molar-refractivity contribution in [1.29, 1.82) is 0 Å². The van der Waals surface area contributed by atoms with Gasteiger partial charge in [-0.25, -0.2) is 9.18 Å². The number of anilines is 1. The van der Waals surface area contributed by atoms with Gasteiger partial charge in [0.2, 0.25) is 0 Å². The van der Waals surface area contributed by atoms with Crippen LogP contribution in [0.25, 0.3) is 0 Å². The zero-order chi connectivity index (χ0) is 14.7. The van der Waals surface area contributed by atoms with Gasteiger partial charge in [0.05, 0.1) is 5.56 Å². The summed E-state index contributed by atoms with van der Waals surface area (Å²) >= 11 is 9.30. The van der Waals surface area contributed by atoms with Crippen molar-refractivity contribution in [3.05, 3.63) is 62.8 Å². The third-order valence-electron chi connectivity index (χ3n) is 2.61. The fourth-order valence-electron chi connectivity index (χ4n) is 1.58. The number of hydrogen-bond donors (Lipinski definition) is 1. The molecule has 0 saturated heterocycles. The predicted octanol–water partition coefficient (Wildman–Crippen LogP) is 4.18. The van der Waals surface area contributed by atoms with Crippen molar-refractivity contribution in [2.45, 2.75) is 6.61 Å². The molecule has 0 bridgehead atoms. The molecule has 0 aromatic heterocycles. The lowest BCUT2D eigenvalue weighted by molar-refractivity contribution is 0.0474. The zero-order valence-electron chi connectivity index (χ0n) is 10.2. The maximum Gasteiger partial charge on any atom is 0.340 e. The van der Waals surface area contributed by atoms with Crippen LogP contribution in [0.2, 0.25) is 5.02 Å². The molecule has 0 heterocycles. The lowest BCUT2D eigenvalue weighted by atomic mass is 10.2. The molecule has 0 aliphatic rings. The molecule has 2 aromatic carbocycles. The minimum Gasteiger partial charge on any atom is -0.457 e. The van der Waals surface area contributed by atoms with E-state index < -0.39 is 11.8 Å². The summed E-state index contributed by atoms with van der Waals surface area (Å²) in [7, 11) is 0. The first-order valence-electron chi connectivity index (χ1n) is 5.63. The van der Waals surface area contributed by atoms with Crippen LogP contribution in [0.15, 0.2) is 40.9 Å². The Morgan fingerprint density at radius 3 is 2.70 bits per heavy atom. The molecule has 0 aliphatic carbocycles. The summed E-state index contributed by atoms with van der Waals surface area (Å²) in [6.07, 6.45) is 0. The summed E-state index contributed by atoms with van der Waals surface area (Å²) in [5, 5.41) is 0.485. The number of halogens is 3. The lowest BCUT2D eigenvalue weighted by Gasteiger charge is -2.08. The second-order valence-corrected chi connectivity index (χ2v) is 5.37. The van der Waals surface area contributed by atoms with E-state index in [4.69, 9.17) is 22.1 Å². The monoisotopic (exact) mass is 357 g/mol. The molecule has 2 rings (SSSR count). The van der Waals surface area contributed by atoms with Crippen LogP contribution in [0.3, 0.4) is 0 Å². The van der Waals surface area contributed by atoms with Crippen LogP contribution in [0.5, 0.6) is 0 Å². The Morgan fingerprint density at radius 2 is 2.05 bits per heavy atom. The number of hydrogen-bond acceptors (Lipinski definition) is 3. The quantitative estimate of drug-likeness (QED) is 0.661. The van der Waals surface area contributed by atoms with Gasteiger partial charge in [0.1, 0.15) is 12.4 Å². The minimum atomic E-state index is -0.624. The Balaban J connectivity index is 2.08. The number of ether oxygens (including phenoxy) is 1. The van der Waals surface area contributed by atoms with Crippen LogP contribution in [0, 0.1) is 5.82 Å². The zero-order valence-corrected chi connectivity index (χ0v) is 12.5. The molecule has 0 spiro atoms. The molecule has 0 amide bonds. The number of carbonyl (C=O) groups is 1. The largest absolute Gasteiger partial charge is 0.457 e. The fourth-order valence-corrected chi connectivity index (χ4v) is 2.31. The molecule has 6 heteroatoms. The number of nitrogens with two attached hydrogens (primary N) is 1. The van der Waals surface area contributed by atoms with E-state index in [2.05, 4.69) is 15.9 Å². The second-order valence-electron chi connectivity index (χ2n) is 4.04. The number of rotatable bonds is 3. The van der Waals surface area contributed by atoms with Gasteiger partial charge in [-0.1, -0.05) is 33.6 Å². The molecule has 2 aromatic rings. The van der Waals surface area contributed by atoms with Gasteiger partial charge in [-0.2, -0.15) is 0 Å². The van der Waals surface area contributed by atoms with E-state index in [9.17, 15) is 9.18 Å². The Morgan fingerprint density at radius 1 is 1.30 bits per heavy atom. The van der Waals surface area contributed by atoms with E-state index in [-0.39, 0.29) is 17.9 Å². The summed E-state index contributed by atoms with van der Waals surface area (Å²) in [5.74, 6) is -1.13. The SMILES string of the molecule is Nc1cc(F)ccc1C(=O)OCc1ccc(Br)cc1Cl. The van der Waals surface area contributed by atoms with E-state index in [1.54, 1.807) is 18.2 Å². The van der Waals surface area contributed by atoms with Crippen LogP contribution < -0.4 is 5.73 Å². The van der Waals surface area contributed by atoms with Gasteiger partial charge in [0.25, 0.3) is 0 Å². The third-order valence-corrected chi connectivity index (χ3v) is 3.45. The van der Waals surface area contributed by atoms with Crippen molar-refractivity contribution in [1.82, 2.24) is 0 Å². The van der Waals surface area contributed by atoms with Crippen molar-refractivity contribution in [3.63, 3.8) is 0 Å². The summed E-state index contributed by atoms with van der Waals surface area (Å²) in [5.41, 5.74) is 6.40. The van der Waals surface area contributed by atoms with Crippen LogP contribution >= 0.6 is 27.5 Å². The van der Waals surface area contributed by atoms with Gasteiger partial charge >= 0.3 is 5.97 Å². The van der Waals surface area contributed by atoms with E-state index >= 15 is 0 Å². The van der Waals surface area contributed by atoms with Crippen LogP contribution in [0.1, 0.15) is 15.9 Å². The van der Waals surface area contributed by atoms with E-state index in [0.29, 0.717) is 10.6 Å². The van der Waals surface area contributed by atoms with Crippen LogP contribution in [0.4, 0.5) is 10.1 Å². The molecule has 0 radical (unpaired) electrons. The smallest absolute Gasteiger partial charge is 0.340 e. The van der Waals surface area contributed by atoms with E-state index in [1.807, 2.05) is 0 Å². The lowest BCUT2D eigenvalue weighted by Crippen LogP contribution is -2.08. The Kier molecular flexibility index (Phi) is 4.62. The minimum absolute atomic E-state index is 0.0156. The number of nitrogen functional groups attached to an aromatic ring is 1. The van der Waals surface area contributed by atoms with Gasteiger partial charge < -0.3 is 10.5 Å². The maximum absolute atomic E-state index is 12.9. The average Bonchev–Trinajstić information content (AvgIpc) is 2.37. The second kappa shape index (κ2) is 6.24. The van der Waals surface area contributed by atoms with Gasteiger partial charge in [-0.3, -0.25) is 0 Å². The van der Waals surface area contributed by atoms with Crippen LogP contribution in [-0.4, -0.2) is 5.97 Å². The Hall–Kier alpha value is -1.59. The summed E-state index contributed by atoms with van der Waals surface area (Å²) in [6, 6.07) is 8.75. The first-order valence-corrected chi connectivity index (χ1v) is 6.80. The number of carbonyl (C=O) groups excluding carboxylic acids is 1. The highest BCUT2D eigenvalue weighted by atomic mass is 79.9. The first kappa shape index (κ1) is 14.8. The summed E-state index contributed by atoms with van der Waals surface area (Å²) in [4.78, 5) is 11.9. The Labute approximate surface area is 128 Å². The predicted molar refractivity (Wildman–Crippen MR) is 79.1 cm³/mol. The van der Waals surface area contributed by atoms with Gasteiger partial charge in [-0.15, -0.1) is 0 Å². The normalized spacial score (nSPS) is 10.3. The molecule has 0 saturated carbocycles. The van der Waals surface area contributed by atoms with Crippen molar-refractivity contribution in [2.24, 2.45) is 0 Å². The highest BCUT2D eigenvalue weighted by Crippen LogP contribution is 2.23. The molecular weight excluding hydrogens is 349 g/mol. The maximum atomic E-state index is 12.9. The summed E-state index contributed by atoms with van der Waals surface area (Å²) < 4.78 is 18.8. The highest BCUT2D eigenvalue weighted by molar-refractivity contribution is 9.10. The molecular formula is C14H10BrClFNO2. The number of esters is 1. The van der Waals surface area contributed by atoms with Crippen molar-refractivity contribution in [3.8, 4) is 0 Å². The standard InChI is InChI=1S/C14H10BrClFNO2/c15-9-2-1-8(12(16)5-9)7-20-14(19)11-4-3-10(17)6-13(11)18/h1-6H,7,18H2. The van der Waals surface area contributed by atoms with Crippen LogP contribution in [-0.2, 0) is 11.3 Å². The van der Waals surface area contributed by atoms with E-state index in [1.165, 1.54) is 6.07 Å². The van der Waals surface area contributed by atoms with Crippen molar-refractivity contribution in [2.75, 3.05) is 5.73 Å². The Bertz CT molecular complexity index is 664. The molecule has 104 valence electrons.